The van der Waals surface area contributed by atoms with E-state index in [9.17, 15) is 0 Å². The van der Waals surface area contributed by atoms with Gasteiger partial charge < -0.3 is 19.7 Å². The summed E-state index contributed by atoms with van der Waals surface area (Å²) in [5.74, 6) is 0. The Morgan fingerprint density at radius 3 is 2.71 bits per heavy atom. The van der Waals surface area contributed by atoms with Crippen LogP contribution in [-0.2, 0) is 0 Å². The minimum atomic E-state index is 0.0815. The third-order valence-corrected chi connectivity index (χ3v) is 6.41. The number of hydrogen-bond donors (Lipinski definition) is 1. The normalized spacial score (nSPS) is 23.4. The lowest BCUT2D eigenvalue weighted by Crippen LogP contribution is -2.35. The molecule has 6 heteroatoms. The summed E-state index contributed by atoms with van der Waals surface area (Å²) in [7, 11) is 4.22. The van der Waals surface area contributed by atoms with E-state index in [2.05, 4.69) is 69.4 Å². The largest absolute Gasteiger partial charge is 0.352 e. The average Bonchev–Trinajstić information content (AvgIpc) is 3.32. The second-order valence-corrected chi connectivity index (χ2v) is 8.69. The van der Waals surface area contributed by atoms with Crippen molar-refractivity contribution in [2.75, 3.05) is 27.2 Å². The molecule has 1 aliphatic carbocycles. The standard InChI is InChI=1S/C22H31N5S/c1-25(2)14-15-27-21(20(24-22(27)28)19-10-6-7-12-23-19)17-11-13-26(16-17)18-8-4-3-5-9-18/h6-7,10-13,16,18,20-21H,3-5,8-9,14-15H2,1-2H3,(H,24,28)/t20-,21-/m1/s1. The van der Waals surface area contributed by atoms with Crippen molar-refractivity contribution in [2.45, 2.75) is 50.2 Å². The maximum atomic E-state index is 5.74. The first-order valence-corrected chi connectivity index (χ1v) is 10.8. The molecule has 0 amide bonds. The maximum absolute atomic E-state index is 5.74. The van der Waals surface area contributed by atoms with Gasteiger partial charge in [0.1, 0.15) is 0 Å². The first-order chi connectivity index (χ1) is 13.6. The minimum absolute atomic E-state index is 0.0815. The van der Waals surface area contributed by atoms with Crippen molar-refractivity contribution in [1.82, 2.24) is 24.7 Å². The predicted molar refractivity (Wildman–Crippen MR) is 117 cm³/mol. The highest BCUT2D eigenvalue weighted by Gasteiger charge is 2.40. The zero-order valence-electron chi connectivity index (χ0n) is 16.9. The second-order valence-electron chi connectivity index (χ2n) is 8.31. The van der Waals surface area contributed by atoms with E-state index >= 15 is 0 Å². The van der Waals surface area contributed by atoms with E-state index in [1.54, 1.807) is 0 Å². The molecule has 5 nitrogen and oxygen atoms in total. The van der Waals surface area contributed by atoms with Crippen molar-refractivity contribution in [3.8, 4) is 0 Å². The third kappa shape index (κ3) is 4.08. The van der Waals surface area contributed by atoms with E-state index in [4.69, 9.17) is 12.2 Å². The van der Waals surface area contributed by atoms with Gasteiger partial charge in [-0.05, 0) is 62.9 Å². The van der Waals surface area contributed by atoms with Crippen LogP contribution in [0, 0.1) is 0 Å². The van der Waals surface area contributed by atoms with Crippen LogP contribution >= 0.6 is 12.2 Å². The molecule has 0 spiro atoms. The number of aromatic nitrogens is 2. The Kier molecular flexibility index (Phi) is 5.97. The fourth-order valence-corrected chi connectivity index (χ4v) is 4.86. The Morgan fingerprint density at radius 1 is 1.18 bits per heavy atom. The number of thiocarbonyl (C=S) groups is 1. The molecule has 4 rings (SSSR count). The molecular formula is C22H31N5S. The van der Waals surface area contributed by atoms with Gasteiger partial charge in [0.2, 0.25) is 0 Å². The molecule has 0 radical (unpaired) electrons. The summed E-state index contributed by atoms with van der Waals surface area (Å²) < 4.78 is 2.44. The molecule has 2 aromatic rings. The van der Waals surface area contributed by atoms with Crippen LogP contribution in [0.3, 0.4) is 0 Å². The topological polar surface area (TPSA) is 36.3 Å². The van der Waals surface area contributed by atoms with Gasteiger partial charge >= 0.3 is 0 Å². The molecule has 2 aromatic heterocycles. The zero-order chi connectivity index (χ0) is 19.5. The Morgan fingerprint density at radius 2 is 2.00 bits per heavy atom. The van der Waals surface area contributed by atoms with E-state index in [-0.39, 0.29) is 12.1 Å². The van der Waals surface area contributed by atoms with Crippen molar-refractivity contribution in [2.24, 2.45) is 0 Å². The monoisotopic (exact) mass is 397 g/mol. The van der Waals surface area contributed by atoms with Gasteiger partial charge in [0.25, 0.3) is 0 Å². The number of nitrogens with one attached hydrogen (secondary N) is 1. The summed E-state index contributed by atoms with van der Waals surface area (Å²) in [5.41, 5.74) is 2.37. The van der Waals surface area contributed by atoms with Gasteiger partial charge in [0, 0.05) is 37.7 Å². The Balaban J connectivity index is 1.63. The molecule has 2 fully saturated rings. The van der Waals surface area contributed by atoms with E-state index in [1.807, 2.05) is 12.3 Å². The molecule has 0 unspecified atom stereocenters. The smallest absolute Gasteiger partial charge is 0.170 e. The van der Waals surface area contributed by atoms with Crippen molar-refractivity contribution in [3.63, 3.8) is 0 Å². The lowest BCUT2D eigenvalue weighted by Gasteiger charge is -2.28. The van der Waals surface area contributed by atoms with E-state index < -0.39 is 0 Å². The molecule has 1 saturated heterocycles. The van der Waals surface area contributed by atoms with Crippen LogP contribution in [-0.4, -0.2) is 51.6 Å². The molecule has 3 heterocycles. The quantitative estimate of drug-likeness (QED) is 0.748. The van der Waals surface area contributed by atoms with E-state index in [0.29, 0.717) is 6.04 Å². The molecule has 2 aliphatic rings. The van der Waals surface area contributed by atoms with Crippen molar-refractivity contribution in [3.05, 3.63) is 54.1 Å². The molecule has 2 atom stereocenters. The van der Waals surface area contributed by atoms with Crippen molar-refractivity contribution < 1.29 is 0 Å². The van der Waals surface area contributed by atoms with Gasteiger partial charge in [-0.1, -0.05) is 25.3 Å². The highest BCUT2D eigenvalue weighted by atomic mass is 32.1. The Labute approximate surface area is 173 Å². The van der Waals surface area contributed by atoms with Gasteiger partial charge in [-0.15, -0.1) is 0 Å². The second kappa shape index (κ2) is 8.62. The van der Waals surface area contributed by atoms with Crippen LogP contribution in [0.25, 0.3) is 0 Å². The lowest BCUT2D eigenvalue weighted by molar-refractivity contribution is 0.277. The SMILES string of the molecule is CN(C)CCN1C(=S)N[C@H](c2ccccn2)[C@H]1c1ccn(C2CCCCC2)c1. The van der Waals surface area contributed by atoms with Gasteiger partial charge in [-0.25, -0.2) is 0 Å². The van der Waals surface area contributed by atoms with E-state index in [1.165, 1.54) is 37.7 Å². The fourth-order valence-electron chi connectivity index (χ4n) is 4.53. The van der Waals surface area contributed by atoms with Crippen molar-refractivity contribution in [1.29, 1.82) is 0 Å². The molecule has 1 saturated carbocycles. The molecule has 150 valence electrons. The molecule has 28 heavy (non-hydrogen) atoms. The van der Waals surface area contributed by atoms with Crippen LogP contribution in [0.1, 0.15) is 61.5 Å². The molecule has 0 bridgehead atoms. The van der Waals surface area contributed by atoms with Gasteiger partial charge in [-0.3, -0.25) is 4.98 Å². The zero-order valence-corrected chi connectivity index (χ0v) is 17.7. The highest BCUT2D eigenvalue weighted by molar-refractivity contribution is 7.80. The van der Waals surface area contributed by atoms with Crippen LogP contribution in [0.2, 0.25) is 0 Å². The maximum Gasteiger partial charge on any atom is 0.170 e. The minimum Gasteiger partial charge on any atom is -0.352 e. The fraction of sp³-hybridized carbons (Fsp3) is 0.545. The summed E-state index contributed by atoms with van der Waals surface area (Å²) in [4.78, 5) is 9.18. The lowest BCUT2D eigenvalue weighted by atomic mass is 9.95. The summed E-state index contributed by atoms with van der Waals surface area (Å²) in [6, 6.07) is 9.31. The molecular weight excluding hydrogens is 366 g/mol. The number of rotatable bonds is 6. The number of pyridine rings is 1. The summed E-state index contributed by atoms with van der Waals surface area (Å²) >= 11 is 5.74. The van der Waals surface area contributed by atoms with Crippen LogP contribution in [0.15, 0.2) is 42.9 Å². The number of hydrogen-bond acceptors (Lipinski definition) is 3. The first kappa shape index (κ1) is 19.4. The highest BCUT2D eigenvalue weighted by Crippen LogP contribution is 2.39. The predicted octanol–water partition coefficient (Wildman–Crippen LogP) is 3.92. The van der Waals surface area contributed by atoms with E-state index in [0.717, 1.165) is 23.9 Å². The Bertz CT molecular complexity index is 781. The number of nitrogens with zero attached hydrogens (tertiary/aromatic N) is 4. The van der Waals surface area contributed by atoms with Gasteiger partial charge in [0.15, 0.2) is 5.11 Å². The molecule has 1 N–H and O–H groups in total. The molecule has 0 aromatic carbocycles. The third-order valence-electron chi connectivity index (χ3n) is 6.06. The summed E-state index contributed by atoms with van der Waals surface area (Å²) in [6.07, 6.45) is 13.2. The van der Waals surface area contributed by atoms with Crippen molar-refractivity contribution >= 4 is 17.3 Å². The average molecular weight is 398 g/mol. The summed E-state index contributed by atoms with van der Waals surface area (Å²) in [5, 5.41) is 4.38. The Hall–Kier alpha value is -1.92. The number of likely N-dealkylation sites (N-methyl/N-ethyl adjacent to an activating group) is 1. The van der Waals surface area contributed by atoms with Crippen LogP contribution in [0.5, 0.6) is 0 Å². The first-order valence-electron chi connectivity index (χ1n) is 10.4. The van der Waals surface area contributed by atoms with Gasteiger partial charge in [-0.2, -0.15) is 0 Å². The summed E-state index contributed by atoms with van der Waals surface area (Å²) in [6.45, 7) is 1.87. The van der Waals surface area contributed by atoms with Gasteiger partial charge in [0.05, 0.1) is 17.8 Å². The van der Waals surface area contributed by atoms with Crippen LogP contribution in [0.4, 0.5) is 0 Å². The van der Waals surface area contributed by atoms with Crippen LogP contribution < -0.4 is 5.32 Å². The molecule has 1 aliphatic heterocycles.